The van der Waals surface area contributed by atoms with Crippen LogP contribution in [0.25, 0.3) is 5.65 Å². The maximum absolute atomic E-state index is 12.6. The number of fused-ring (bicyclic) bond motifs is 1. The Hall–Kier alpha value is -2.96. The lowest BCUT2D eigenvalue weighted by molar-refractivity contribution is 0.102. The quantitative estimate of drug-likeness (QED) is 0.801. The molecule has 0 unspecified atom stereocenters. The van der Waals surface area contributed by atoms with Crippen molar-refractivity contribution in [3.63, 3.8) is 0 Å². The summed E-state index contributed by atoms with van der Waals surface area (Å²) < 4.78 is 1.60. The number of nitrogens with zero attached hydrogens (tertiary/aromatic N) is 5. The second-order valence-corrected chi connectivity index (χ2v) is 6.00. The maximum atomic E-state index is 12.6. The fourth-order valence-electron chi connectivity index (χ4n) is 2.95. The maximum Gasteiger partial charge on any atom is 0.276 e. The van der Waals surface area contributed by atoms with Gasteiger partial charge in [0, 0.05) is 19.3 Å². The number of aromatic nitrogens is 4. The van der Waals surface area contributed by atoms with E-state index in [-0.39, 0.29) is 5.91 Å². The molecule has 1 aliphatic rings. The van der Waals surface area contributed by atoms with E-state index in [0.717, 1.165) is 24.5 Å². The topological polar surface area (TPSA) is 75.4 Å². The van der Waals surface area contributed by atoms with E-state index in [2.05, 4.69) is 25.3 Å². The standard InChI is InChI=1S/C17H18N6O/c1-12-8-13(10-18-9-12)20-17(24)14-11-19-15-4-5-16(21-23(14)15)22-6-2-3-7-22/h4-5,8-11H,2-3,6-7H2,1H3,(H,20,24). The SMILES string of the molecule is Cc1cncc(NC(=O)c2cnc3ccc(N4CCCC4)nn23)c1. The van der Waals surface area contributed by atoms with Crippen molar-refractivity contribution >= 4 is 23.1 Å². The smallest absolute Gasteiger partial charge is 0.276 e. The molecule has 0 aliphatic carbocycles. The molecule has 4 heterocycles. The zero-order chi connectivity index (χ0) is 16.5. The highest BCUT2D eigenvalue weighted by molar-refractivity contribution is 6.03. The number of anilines is 2. The number of hydrogen-bond acceptors (Lipinski definition) is 5. The van der Waals surface area contributed by atoms with Crippen molar-refractivity contribution in [3.05, 3.63) is 48.0 Å². The average Bonchev–Trinajstić information content (AvgIpc) is 3.24. The first-order chi connectivity index (χ1) is 11.7. The first kappa shape index (κ1) is 14.6. The molecule has 1 aliphatic heterocycles. The summed E-state index contributed by atoms with van der Waals surface area (Å²) in [5, 5.41) is 7.45. The number of carbonyl (C=O) groups is 1. The molecule has 0 radical (unpaired) electrons. The first-order valence-corrected chi connectivity index (χ1v) is 8.03. The lowest BCUT2D eigenvalue weighted by Gasteiger charge is -2.16. The molecular formula is C17H18N6O. The second-order valence-electron chi connectivity index (χ2n) is 6.00. The Balaban J connectivity index is 1.65. The molecule has 7 heteroatoms. The molecular weight excluding hydrogens is 304 g/mol. The van der Waals surface area contributed by atoms with Crippen LogP contribution in [0.1, 0.15) is 28.9 Å². The molecule has 0 spiro atoms. The highest BCUT2D eigenvalue weighted by Gasteiger charge is 2.17. The van der Waals surface area contributed by atoms with Crippen molar-refractivity contribution in [2.45, 2.75) is 19.8 Å². The average molecular weight is 322 g/mol. The van der Waals surface area contributed by atoms with Crippen molar-refractivity contribution in [1.29, 1.82) is 0 Å². The predicted molar refractivity (Wildman–Crippen MR) is 91.4 cm³/mol. The molecule has 7 nitrogen and oxygen atoms in total. The van der Waals surface area contributed by atoms with E-state index in [1.807, 2.05) is 25.1 Å². The lowest BCUT2D eigenvalue weighted by Crippen LogP contribution is -2.21. The summed E-state index contributed by atoms with van der Waals surface area (Å²) in [6, 6.07) is 5.72. The van der Waals surface area contributed by atoms with Crippen molar-refractivity contribution < 1.29 is 4.79 Å². The summed E-state index contributed by atoms with van der Waals surface area (Å²) >= 11 is 0. The minimum Gasteiger partial charge on any atom is -0.355 e. The largest absolute Gasteiger partial charge is 0.355 e. The Morgan fingerprint density at radius 3 is 2.79 bits per heavy atom. The molecule has 0 aromatic carbocycles. The molecule has 3 aromatic heterocycles. The van der Waals surface area contributed by atoms with Crippen molar-refractivity contribution in [1.82, 2.24) is 19.6 Å². The number of carbonyl (C=O) groups excluding carboxylic acids is 1. The summed E-state index contributed by atoms with van der Waals surface area (Å²) in [5.41, 5.74) is 2.71. The summed E-state index contributed by atoms with van der Waals surface area (Å²) in [7, 11) is 0. The van der Waals surface area contributed by atoms with Crippen LogP contribution in [0.5, 0.6) is 0 Å². The Morgan fingerprint density at radius 1 is 1.17 bits per heavy atom. The van der Waals surface area contributed by atoms with Gasteiger partial charge in [-0.3, -0.25) is 9.78 Å². The number of nitrogens with one attached hydrogen (secondary N) is 1. The lowest BCUT2D eigenvalue weighted by atomic mass is 10.3. The number of hydrogen-bond donors (Lipinski definition) is 1. The van der Waals surface area contributed by atoms with Gasteiger partial charge in [0.2, 0.25) is 0 Å². The molecule has 1 saturated heterocycles. The van der Waals surface area contributed by atoms with Gasteiger partial charge in [-0.1, -0.05) is 0 Å². The molecule has 1 fully saturated rings. The molecule has 1 N–H and O–H groups in total. The zero-order valence-electron chi connectivity index (χ0n) is 13.4. The molecule has 0 saturated carbocycles. The summed E-state index contributed by atoms with van der Waals surface area (Å²) in [4.78, 5) is 23.2. The third-order valence-electron chi connectivity index (χ3n) is 4.14. The van der Waals surface area contributed by atoms with E-state index in [0.29, 0.717) is 17.0 Å². The van der Waals surface area contributed by atoms with Crippen LogP contribution in [0, 0.1) is 6.92 Å². The Morgan fingerprint density at radius 2 is 2.00 bits per heavy atom. The van der Waals surface area contributed by atoms with E-state index in [9.17, 15) is 4.79 Å². The van der Waals surface area contributed by atoms with Gasteiger partial charge in [-0.2, -0.15) is 0 Å². The van der Waals surface area contributed by atoms with Gasteiger partial charge in [0.1, 0.15) is 5.82 Å². The van der Waals surface area contributed by atoms with Gasteiger partial charge >= 0.3 is 0 Å². The van der Waals surface area contributed by atoms with Crippen LogP contribution in [0.3, 0.4) is 0 Å². The number of pyridine rings is 1. The summed E-state index contributed by atoms with van der Waals surface area (Å²) in [6.45, 7) is 3.94. The van der Waals surface area contributed by atoms with Crippen LogP contribution in [-0.2, 0) is 0 Å². The first-order valence-electron chi connectivity index (χ1n) is 8.03. The second kappa shape index (κ2) is 5.92. The van der Waals surface area contributed by atoms with Crippen molar-refractivity contribution in [3.8, 4) is 0 Å². The van der Waals surface area contributed by atoms with Crippen LogP contribution in [-0.4, -0.2) is 38.6 Å². The van der Waals surface area contributed by atoms with E-state index in [1.165, 1.54) is 12.8 Å². The van der Waals surface area contributed by atoms with E-state index < -0.39 is 0 Å². The minimum atomic E-state index is -0.249. The number of imidazole rings is 1. The highest BCUT2D eigenvalue weighted by atomic mass is 16.2. The Bertz CT molecular complexity index is 897. The van der Waals surface area contributed by atoms with E-state index in [1.54, 1.807) is 23.1 Å². The summed E-state index contributed by atoms with van der Waals surface area (Å²) in [6.07, 6.45) is 7.27. The van der Waals surface area contributed by atoms with Crippen LogP contribution >= 0.6 is 0 Å². The molecule has 0 atom stereocenters. The fraction of sp³-hybridized carbons (Fsp3) is 0.294. The van der Waals surface area contributed by atoms with Crippen molar-refractivity contribution in [2.75, 3.05) is 23.3 Å². The van der Waals surface area contributed by atoms with Gasteiger partial charge in [0.05, 0.1) is 18.1 Å². The predicted octanol–water partition coefficient (Wildman–Crippen LogP) is 2.29. The van der Waals surface area contributed by atoms with Gasteiger partial charge in [-0.15, -0.1) is 5.10 Å². The van der Waals surface area contributed by atoms with E-state index in [4.69, 9.17) is 0 Å². The summed E-state index contributed by atoms with van der Waals surface area (Å²) in [5.74, 6) is 0.630. The molecule has 1 amide bonds. The molecule has 122 valence electrons. The monoisotopic (exact) mass is 322 g/mol. The van der Waals surface area contributed by atoms with Crippen LogP contribution in [0.4, 0.5) is 11.5 Å². The third kappa shape index (κ3) is 2.68. The van der Waals surface area contributed by atoms with E-state index >= 15 is 0 Å². The molecule has 4 rings (SSSR count). The van der Waals surface area contributed by atoms with Gasteiger partial charge in [0.15, 0.2) is 11.3 Å². The van der Waals surface area contributed by atoms with Crippen LogP contribution < -0.4 is 10.2 Å². The number of aryl methyl sites for hydroxylation is 1. The minimum absolute atomic E-state index is 0.249. The van der Waals surface area contributed by atoms with Gasteiger partial charge in [-0.25, -0.2) is 9.50 Å². The Labute approximate surface area is 139 Å². The highest BCUT2D eigenvalue weighted by Crippen LogP contribution is 2.19. The van der Waals surface area contributed by atoms with Gasteiger partial charge in [-0.05, 0) is 43.5 Å². The van der Waals surface area contributed by atoms with Crippen molar-refractivity contribution in [2.24, 2.45) is 0 Å². The third-order valence-corrected chi connectivity index (χ3v) is 4.14. The molecule has 3 aromatic rings. The molecule has 24 heavy (non-hydrogen) atoms. The number of rotatable bonds is 3. The zero-order valence-corrected chi connectivity index (χ0v) is 13.4. The normalized spacial score (nSPS) is 14.3. The van der Waals surface area contributed by atoms with Gasteiger partial charge < -0.3 is 10.2 Å². The fourth-order valence-corrected chi connectivity index (χ4v) is 2.95. The van der Waals surface area contributed by atoms with Crippen LogP contribution in [0.2, 0.25) is 0 Å². The number of amides is 1. The van der Waals surface area contributed by atoms with Gasteiger partial charge in [0.25, 0.3) is 5.91 Å². The molecule has 0 bridgehead atoms. The Kier molecular flexibility index (Phi) is 3.60. The van der Waals surface area contributed by atoms with Crippen LogP contribution in [0.15, 0.2) is 36.8 Å².